The molecule has 302 valence electrons. The lowest BCUT2D eigenvalue weighted by atomic mass is 10.1. The first kappa shape index (κ1) is 41.8. The second-order valence-corrected chi connectivity index (χ2v) is 15.4. The zero-order valence-corrected chi connectivity index (χ0v) is 33.6. The highest BCUT2D eigenvalue weighted by Crippen LogP contribution is 2.26. The Hall–Kier alpha value is -6.85. The molecule has 0 atom stereocenters. The van der Waals surface area contributed by atoms with Gasteiger partial charge in [0.25, 0.3) is 10.0 Å². The summed E-state index contributed by atoms with van der Waals surface area (Å²) in [6.45, 7) is 4.42. The maximum absolute atomic E-state index is 12.3. The number of ether oxygens (including phenoxy) is 2. The molecule has 59 heavy (non-hydrogen) atoms. The predicted octanol–water partition coefficient (Wildman–Crippen LogP) is 10.1. The highest BCUT2D eigenvalue weighted by molar-refractivity contribution is 7.90. The zero-order chi connectivity index (χ0) is 41.6. The van der Waals surface area contributed by atoms with E-state index < -0.39 is 21.9 Å². The molecule has 7 rings (SSSR count). The van der Waals surface area contributed by atoms with Crippen molar-refractivity contribution < 1.29 is 41.4 Å². The summed E-state index contributed by atoms with van der Waals surface area (Å²) in [5.41, 5.74) is 6.38. The van der Waals surface area contributed by atoms with Crippen LogP contribution in [0.4, 0.5) is 0 Å². The number of carboxylic acids is 1. The van der Waals surface area contributed by atoms with Gasteiger partial charge in [0, 0.05) is 30.4 Å². The third-order valence-electron chi connectivity index (χ3n) is 9.34. The molecule has 0 fully saturated rings. The lowest BCUT2D eigenvalue weighted by Gasteiger charge is -2.07. The largest absolute Gasteiger partial charge is 0.489 e. The van der Waals surface area contributed by atoms with Crippen LogP contribution in [0.2, 0.25) is 0 Å². The van der Waals surface area contributed by atoms with Crippen LogP contribution in [-0.2, 0) is 45.7 Å². The molecular formula is C48H45NO9S. The Morgan fingerprint density at radius 1 is 0.559 bits per heavy atom. The van der Waals surface area contributed by atoms with Crippen molar-refractivity contribution in [2.45, 2.75) is 57.6 Å². The van der Waals surface area contributed by atoms with E-state index >= 15 is 0 Å². The smallest absolute Gasteiger partial charge is 0.303 e. The summed E-state index contributed by atoms with van der Waals surface area (Å²) < 4.78 is 49.7. The topological polar surface area (TPSA) is 145 Å². The Morgan fingerprint density at radius 2 is 0.949 bits per heavy atom. The minimum Gasteiger partial charge on any atom is -0.489 e. The molecule has 0 radical (unpaired) electrons. The lowest BCUT2D eigenvalue weighted by Crippen LogP contribution is -2.30. The Labute approximate surface area is 344 Å². The zero-order valence-electron chi connectivity index (χ0n) is 32.8. The molecule has 2 heterocycles. The number of carbonyl (C=O) groups excluding carboxylic acids is 1. The van der Waals surface area contributed by atoms with Gasteiger partial charge in [-0.3, -0.25) is 9.59 Å². The molecule has 1 amide bonds. The van der Waals surface area contributed by atoms with E-state index in [1.54, 1.807) is 18.2 Å². The van der Waals surface area contributed by atoms with Gasteiger partial charge in [-0.2, -0.15) is 0 Å². The van der Waals surface area contributed by atoms with Crippen LogP contribution in [0.25, 0.3) is 22.3 Å². The highest BCUT2D eigenvalue weighted by Gasteiger charge is 2.18. The summed E-state index contributed by atoms with van der Waals surface area (Å²) in [5.74, 6) is 2.86. The first-order valence-corrected chi connectivity index (χ1v) is 20.6. The van der Waals surface area contributed by atoms with Crippen molar-refractivity contribution in [1.82, 2.24) is 4.72 Å². The van der Waals surface area contributed by atoms with Crippen LogP contribution in [0, 0.1) is 13.8 Å². The monoisotopic (exact) mass is 811 g/mol. The number of rotatable bonds is 16. The van der Waals surface area contributed by atoms with Crippen molar-refractivity contribution in [3.8, 4) is 33.8 Å². The van der Waals surface area contributed by atoms with E-state index in [1.165, 1.54) is 17.7 Å². The van der Waals surface area contributed by atoms with Crippen molar-refractivity contribution in [2.75, 3.05) is 0 Å². The number of amides is 1. The Morgan fingerprint density at radius 3 is 1.37 bits per heavy atom. The normalized spacial score (nSPS) is 10.9. The van der Waals surface area contributed by atoms with E-state index in [4.69, 9.17) is 23.4 Å². The lowest BCUT2D eigenvalue weighted by molar-refractivity contribution is -0.137. The molecule has 0 unspecified atom stereocenters. The second kappa shape index (κ2) is 20.0. The third kappa shape index (κ3) is 12.3. The third-order valence-corrected chi connectivity index (χ3v) is 10.7. The fourth-order valence-electron chi connectivity index (χ4n) is 6.11. The van der Waals surface area contributed by atoms with Gasteiger partial charge in [0.2, 0.25) is 5.91 Å². The number of hydrogen-bond acceptors (Lipinski definition) is 8. The van der Waals surface area contributed by atoms with Crippen molar-refractivity contribution in [2.24, 2.45) is 0 Å². The molecule has 0 aliphatic rings. The van der Waals surface area contributed by atoms with Crippen LogP contribution in [0.1, 0.15) is 47.0 Å². The first-order valence-electron chi connectivity index (χ1n) is 19.1. The van der Waals surface area contributed by atoms with Gasteiger partial charge in [-0.15, -0.1) is 0 Å². The minimum absolute atomic E-state index is 0.0136. The average molecular weight is 812 g/mol. The van der Waals surface area contributed by atoms with Gasteiger partial charge in [-0.25, -0.2) is 13.1 Å². The van der Waals surface area contributed by atoms with Gasteiger partial charge in [0.05, 0.1) is 11.3 Å². The molecule has 0 saturated carbocycles. The molecule has 0 aliphatic carbocycles. The molecule has 0 saturated heterocycles. The molecule has 2 aromatic heterocycles. The molecule has 10 nitrogen and oxygen atoms in total. The standard InChI is InChI=1S/C27H25NO5S.C21H20O4/c1-20-23(19-32-24-14-12-22(13-15-24)21-8-4-2-5-9-21)18-25(33-20)16-17-27(29)28-34(30,31)26-10-6-3-7-11-26;1-15-18(13-20(25-15)11-12-21(22)23)14-24-19-9-7-17(8-10-19)16-5-3-2-4-6-16/h2-15,18H,16-17,19H2,1H3,(H,28,29);2-10,13H,11-12,14H2,1H3,(H,22,23). The number of aliphatic carboxylic acids is 1. The number of sulfonamides is 1. The minimum atomic E-state index is -3.88. The van der Waals surface area contributed by atoms with Gasteiger partial charge in [-0.05, 0) is 84.6 Å². The summed E-state index contributed by atoms with van der Waals surface area (Å²) >= 11 is 0. The Bertz CT molecular complexity index is 2530. The van der Waals surface area contributed by atoms with Crippen LogP contribution in [0.15, 0.2) is 165 Å². The number of benzene rings is 5. The molecule has 0 spiro atoms. The Balaban J connectivity index is 0.000000208. The summed E-state index contributed by atoms with van der Waals surface area (Å²) in [6.07, 6.45) is 0.721. The number of furan rings is 2. The van der Waals surface area contributed by atoms with E-state index in [2.05, 4.69) is 29.0 Å². The van der Waals surface area contributed by atoms with Crippen LogP contribution in [0.3, 0.4) is 0 Å². The average Bonchev–Trinajstić information content (AvgIpc) is 3.81. The van der Waals surface area contributed by atoms with E-state index in [0.717, 1.165) is 45.1 Å². The maximum Gasteiger partial charge on any atom is 0.303 e. The number of nitrogens with one attached hydrogen (secondary N) is 1. The SMILES string of the molecule is Cc1oc(CCC(=O)NS(=O)(=O)c2ccccc2)cc1COc1ccc(-c2ccccc2)cc1.Cc1oc(CCC(=O)O)cc1COc1ccc(-c2ccccc2)cc1. The quantitative estimate of drug-likeness (QED) is 0.0974. The van der Waals surface area contributed by atoms with E-state index in [1.807, 2.05) is 111 Å². The van der Waals surface area contributed by atoms with Crippen molar-refractivity contribution >= 4 is 21.9 Å². The number of hydrogen-bond donors (Lipinski definition) is 2. The highest BCUT2D eigenvalue weighted by atomic mass is 32.2. The van der Waals surface area contributed by atoms with Crippen molar-refractivity contribution in [1.29, 1.82) is 0 Å². The molecule has 11 heteroatoms. The van der Waals surface area contributed by atoms with Gasteiger partial charge < -0.3 is 23.4 Å². The van der Waals surface area contributed by atoms with Crippen LogP contribution in [-0.4, -0.2) is 25.4 Å². The van der Waals surface area contributed by atoms with Crippen LogP contribution >= 0.6 is 0 Å². The summed E-state index contributed by atoms with van der Waals surface area (Å²) in [4.78, 5) is 22.9. The molecular weight excluding hydrogens is 767 g/mol. The van der Waals surface area contributed by atoms with E-state index in [-0.39, 0.29) is 24.2 Å². The maximum atomic E-state index is 12.3. The van der Waals surface area contributed by atoms with Crippen molar-refractivity contribution in [3.05, 3.63) is 186 Å². The van der Waals surface area contributed by atoms with Crippen molar-refractivity contribution in [3.63, 3.8) is 0 Å². The summed E-state index contributed by atoms with van der Waals surface area (Å²) in [7, 11) is -3.88. The van der Waals surface area contributed by atoms with Gasteiger partial charge >= 0.3 is 5.97 Å². The van der Waals surface area contributed by atoms with Gasteiger partial charge in [-0.1, -0.05) is 103 Å². The second-order valence-electron chi connectivity index (χ2n) is 13.7. The predicted molar refractivity (Wildman–Crippen MR) is 225 cm³/mol. The van der Waals surface area contributed by atoms with Gasteiger partial charge in [0.15, 0.2) is 0 Å². The van der Waals surface area contributed by atoms with E-state index in [0.29, 0.717) is 36.9 Å². The molecule has 2 N–H and O–H groups in total. The first-order chi connectivity index (χ1) is 28.5. The van der Waals surface area contributed by atoms with Crippen LogP contribution in [0.5, 0.6) is 11.5 Å². The number of carboxylic acid groups (broad SMARTS) is 1. The molecule has 5 aromatic carbocycles. The Kier molecular flexibility index (Phi) is 14.2. The van der Waals surface area contributed by atoms with Crippen LogP contribution < -0.4 is 14.2 Å². The fraction of sp³-hybridized carbons (Fsp3) is 0.167. The fourth-order valence-corrected chi connectivity index (χ4v) is 7.14. The van der Waals surface area contributed by atoms with E-state index in [9.17, 15) is 18.0 Å². The number of aryl methyl sites for hydroxylation is 4. The summed E-state index contributed by atoms with van der Waals surface area (Å²) in [5, 5.41) is 8.74. The summed E-state index contributed by atoms with van der Waals surface area (Å²) in [6, 6.07) is 47.6. The molecule has 0 aliphatic heterocycles. The molecule has 0 bridgehead atoms. The molecule has 7 aromatic rings. The number of carbonyl (C=O) groups is 2. The van der Waals surface area contributed by atoms with Gasteiger partial charge in [0.1, 0.15) is 47.8 Å².